The van der Waals surface area contributed by atoms with Crippen LogP contribution in [0.2, 0.25) is 0 Å². The Labute approximate surface area is 227 Å². The van der Waals surface area contributed by atoms with Crippen molar-refractivity contribution < 1.29 is 27.6 Å². The van der Waals surface area contributed by atoms with Gasteiger partial charge in [-0.05, 0) is 48.6 Å². The van der Waals surface area contributed by atoms with Crippen molar-refractivity contribution in [1.29, 1.82) is 0 Å². The number of carbonyl (C=O) groups is 1. The lowest BCUT2D eigenvalue weighted by Crippen LogP contribution is -2.39. The maximum Gasteiger partial charge on any atom is 0.345 e. The zero-order valence-electron chi connectivity index (χ0n) is 19.5. The predicted molar refractivity (Wildman–Crippen MR) is 144 cm³/mol. The molecule has 1 aliphatic carbocycles. The summed E-state index contributed by atoms with van der Waals surface area (Å²) in [5.41, 5.74) is 0.713. The molecule has 1 fully saturated rings. The normalized spacial score (nSPS) is 18.4. The van der Waals surface area contributed by atoms with Gasteiger partial charge in [0.15, 0.2) is 11.6 Å². The second-order valence-corrected chi connectivity index (χ2v) is 13.3. The highest BCUT2D eigenvalue weighted by Gasteiger charge is 2.37. The summed E-state index contributed by atoms with van der Waals surface area (Å²) < 4.78 is 41.4. The van der Waals surface area contributed by atoms with Gasteiger partial charge in [-0.2, -0.15) is 0 Å². The summed E-state index contributed by atoms with van der Waals surface area (Å²) >= 11 is 12.1. The molecular weight excluding hydrogens is 578 g/mol. The zero-order chi connectivity index (χ0) is 27.2. The Kier molecular flexibility index (Phi) is 7.01. The van der Waals surface area contributed by atoms with Crippen LogP contribution >= 0.6 is 30.8 Å². The first-order chi connectivity index (χ1) is 17.9. The first kappa shape index (κ1) is 26.7. The van der Waals surface area contributed by atoms with Gasteiger partial charge >= 0.3 is 13.6 Å². The van der Waals surface area contributed by atoms with E-state index in [9.17, 15) is 27.6 Å². The molecule has 5 rings (SSSR count). The molecule has 12 nitrogen and oxygen atoms in total. The summed E-state index contributed by atoms with van der Waals surface area (Å²) in [4.78, 5) is 32.7. The first-order valence-electron chi connectivity index (χ1n) is 11.2. The quantitative estimate of drug-likeness (QED) is 0.350. The molecule has 0 bridgehead atoms. The molecule has 1 saturated heterocycles. The second kappa shape index (κ2) is 9.99. The van der Waals surface area contributed by atoms with Crippen molar-refractivity contribution in [2.24, 2.45) is 0 Å². The Balaban J connectivity index is 1.49. The van der Waals surface area contributed by atoms with Crippen LogP contribution in [0.4, 0.5) is 16.3 Å². The number of amides is 2. The van der Waals surface area contributed by atoms with Gasteiger partial charge < -0.3 is 15.1 Å². The maximum atomic E-state index is 13.5. The second-order valence-electron chi connectivity index (χ2n) is 8.65. The first-order valence-corrected chi connectivity index (χ1v) is 15.3. The van der Waals surface area contributed by atoms with Crippen molar-refractivity contribution in [3.63, 3.8) is 0 Å². The molecule has 200 valence electrons. The van der Waals surface area contributed by atoms with Crippen LogP contribution in [-0.4, -0.2) is 63.6 Å². The molecule has 1 aromatic carbocycles. The number of fused-ring (bicyclic) bond motifs is 1. The molecule has 1 unspecified atom stereocenters. The number of halogens is 2. The number of allylic oxidation sites excluding steroid dienone is 3. The van der Waals surface area contributed by atoms with Crippen LogP contribution in [0.15, 0.2) is 64.8 Å². The van der Waals surface area contributed by atoms with E-state index in [0.717, 1.165) is 0 Å². The number of urea groups is 1. The molecule has 0 saturated carbocycles. The molecule has 3 heterocycles. The van der Waals surface area contributed by atoms with E-state index in [1.54, 1.807) is 35.0 Å². The fraction of sp³-hybridized carbons (Fsp3) is 0.227. The van der Waals surface area contributed by atoms with Crippen LogP contribution in [0.1, 0.15) is 6.42 Å². The third-order valence-electron chi connectivity index (χ3n) is 6.02. The molecule has 3 aromatic rings. The van der Waals surface area contributed by atoms with Crippen LogP contribution < -0.4 is 14.5 Å². The molecule has 2 amide bonds. The summed E-state index contributed by atoms with van der Waals surface area (Å²) in [6.07, 6.45) is 3.29. The lowest BCUT2D eigenvalue weighted by Gasteiger charge is -2.29. The topological polar surface area (TPSA) is 158 Å². The number of benzene rings is 1. The molecule has 1 atom stereocenters. The monoisotopic (exact) mass is 598 g/mol. The Morgan fingerprint density at radius 2 is 1.87 bits per heavy atom. The van der Waals surface area contributed by atoms with Gasteiger partial charge in [0.2, 0.25) is 10.0 Å². The summed E-state index contributed by atoms with van der Waals surface area (Å²) in [6, 6.07) is 9.42. The van der Waals surface area contributed by atoms with E-state index in [1.807, 2.05) is 0 Å². The summed E-state index contributed by atoms with van der Waals surface area (Å²) in [5.74, 6) is 0.867. The predicted octanol–water partition coefficient (Wildman–Crippen LogP) is 3.24. The molecular formula is C22H21Cl2N6O6PS. The third-order valence-corrected chi connectivity index (χ3v) is 9.38. The van der Waals surface area contributed by atoms with Gasteiger partial charge in [0.25, 0.3) is 0 Å². The number of aromatic nitrogens is 3. The van der Waals surface area contributed by atoms with Crippen LogP contribution in [0.5, 0.6) is 0 Å². The number of hydrogen-bond donors (Lipinski definition) is 3. The molecule has 2 aromatic heterocycles. The average molecular weight is 599 g/mol. The van der Waals surface area contributed by atoms with Gasteiger partial charge in [-0.1, -0.05) is 23.2 Å². The minimum absolute atomic E-state index is 0.0650. The van der Waals surface area contributed by atoms with E-state index in [-0.39, 0.29) is 28.2 Å². The van der Waals surface area contributed by atoms with Gasteiger partial charge in [-0.3, -0.25) is 18.3 Å². The minimum Gasteiger partial charge on any atom is -0.336 e. The molecule has 38 heavy (non-hydrogen) atoms. The number of rotatable bonds is 7. The molecule has 0 spiro atoms. The van der Waals surface area contributed by atoms with E-state index in [0.29, 0.717) is 39.9 Å². The van der Waals surface area contributed by atoms with Crippen LogP contribution in [0.3, 0.4) is 0 Å². The molecule has 3 N–H and O–H groups in total. The van der Waals surface area contributed by atoms with Gasteiger partial charge in [-0.15, -0.1) is 10.2 Å². The smallest absolute Gasteiger partial charge is 0.336 e. The van der Waals surface area contributed by atoms with Crippen LogP contribution in [0, 0.1) is 0 Å². The van der Waals surface area contributed by atoms with Crippen LogP contribution in [0.25, 0.3) is 16.7 Å². The number of nitrogens with one attached hydrogen (secondary N) is 1. The number of sulfonamides is 1. The van der Waals surface area contributed by atoms with E-state index in [4.69, 9.17) is 23.2 Å². The lowest BCUT2D eigenvalue weighted by molar-refractivity contribution is 0.252. The SMILES string of the molecule is O=C1NCCN1c1ccc(-n2ccc3cc(N(CP(=O)(O)O)S(=O)(=O)C4C=C(Cl)C=C(Cl)C4)ccc32)nn1. The Bertz CT molecular complexity index is 1640. The number of nitrogens with zero attached hydrogens (tertiary/aromatic N) is 5. The molecule has 16 heteroatoms. The van der Waals surface area contributed by atoms with E-state index < -0.39 is 29.2 Å². The van der Waals surface area contributed by atoms with Gasteiger partial charge in [0.05, 0.1) is 11.2 Å². The van der Waals surface area contributed by atoms with E-state index in [2.05, 4.69) is 15.5 Å². The highest BCUT2D eigenvalue weighted by Crippen LogP contribution is 2.41. The maximum absolute atomic E-state index is 13.5. The lowest BCUT2D eigenvalue weighted by atomic mass is 10.2. The zero-order valence-corrected chi connectivity index (χ0v) is 22.7. The Morgan fingerprint density at radius 1 is 1.13 bits per heavy atom. The standard InChI is InChI=1S/C22H21Cl2N6O6PS/c23-15-10-16(24)12-18(11-15)38(35,36)30(13-37(32,33)34)17-1-2-19-14(9-17)5-7-28(19)20-3-4-21(27-26-20)29-8-6-25-22(29)31/h1-5,7,9-11,18H,6,8,12-13H2,(H,25,31)(H2,32,33,34). The van der Waals surface area contributed by atoms with E-state index >= 15 is 0 Å². The number of carbonyl (C=O) groups excluding carboxylic acids is 1. The highest BCUT2D eigenvalue weighted by molar-refractivity contribution is 7.93. The highest BCUT2D eigenvalue weighted by atomic mass is 35.5. The van der Waals surface area contributed by atoms with E-state index in [1.165, 1.54) is 29.2 Å². The summed E-state index contributed by atoms with van der Waals surface area (Å²) in [5, 5.41) is 10.8. The van der Waals surface area contributed by atoms with Crippen molar-refractivity contribution in [2.75, 3.05) is 28.6 Å². The van der Waals surface area contributed by atoms with Crippen LogP contribution in [-0.2, 0) is 14.6 Å². The minimum atomic E-state index is -4.80. The van der Waals surface area contributed by atoms with Crippen molar-refractivity contribution in [3.8, 4) is 5.82 Å². The van der Waals surface area contributed by atoms with Crippen molar-refractivity contribution in [2.45, 2.75) is 11.7 Å². The fourth-order valence-corrected chi connectivity index (χ4v) is 8.11. The van der Waals surface area contributed by atoms with Crippen molar-refractivity contribution in [1.82, 2.24) is 20.1 Å². The molecule has 2 aliphatic rings. The van der Waals surface area contributed by atoms with Gasteiger partial charge in [-0.25, -0.2) is 13.2 Å². The van der Waals surface area contributed by atoms with Gasteiger partial charge in [0.1, 0.15) is 11.5 Å². The summed E-state index contributed by atoms with van der Waals surface area (Å²) in [7, 11) is -9.12. The Hall–Kier alpha value is -2.93. The number of hydrogen-bond acceptors (Lipinski definition) is 6. The van der Waals surface area contributed by atoms with Crippen molar-refractivity contribution in [3.05, 3.63) is 64.8 Å². The fourth-order valence-electron chi connectivity index (χ4n) is 4.28. The van der Waals surface area contributed by atoms with Gasteiger partial charge in [0, 0.05) is 41.2 Å². The Morgan fingerprint density at radius 3 is 2.50 bits per heavy atom. The third kappa shape index (κ3) is 5.31. The number of anilines is 2. The molecule has 1 aliphatic heterocycles. The molecule has 0 radical (unpaired) electrons. The van der Waals surface area contributed by atoms with Crippen molar-refractivity contribution >= 4 is 69.3 Å². The summed E-state index contributed by atoms with van der Waals surface area (Å²) in [6.45, 7) is 1.01. The largest absolute Gasteiger partial charge is 0.345 e. The average Bonchev–Trinajstić information content (AvgIpc) is 3.47.